The first-order chi connectivity index (χ1) is 6.22. The van der Waals surface area contributed by atoms with Gasteiger partial charge in [0.1, 0.15) is 0 Å². The maximum Gasteiger partial charge on any atom is -0.00872 e. The molecule has 0 fully saturated rings. The lowest BCUT2D eigenvalue weighted by Crippen LogP contribution is -1.75. The Morgan fingerprint density at radius 2 is 1.23 bits per heavy atom. The molecule has 0 heterocycles. The van der Waals surface area contributed by atoms with Gasteiger partial charge in [-0.2, -0.15) is 0 Å². The summed E-state index contributed by atoms with van der Waals surface area (Å²) in [6.07, 6.45) is 8.25. The smallest absolute Gasteiger partial charge is 0.00872 e. The molecule has 0 bridgehead atoms. The zero-order chi connectivity index (χ0) is 11.1. The van der Waals surface area contributed by atoms with E-state index < -0.39 is 0 Å². The van der Waals surface area contributed by atoms with Gasteiger partial charge in [-0.15, -0.1) is 26.3 Å². The predicted molar refractivity (Wildman–Crippen MR) is 65.9 cm³/mol. The Hall–Kier alpha value is -1.04. The highest BCUT2D eigenvalue weighted by Gasteiger charge is 1.79. The van der Waals surface area contributed by atoms with Crippen LogP contribution in [0.1, 0.15) is 27.2 Å². The molecule has 0 radical (unpaired) electrons. The van der Waals surface area contributed by atoms with Crippen LogP contribution in [0.3, 0.4) is 0 Å². The average molecular weight is 180 g/mol. The SMILES string of the molecule is C=CC(C)C=C.C=CCC=C.CC. The van der Waals surface area contributed by atoms with Gasteiger partial charge in [-0.25, -0.2) is 0 Å². The Bertz CT molecular complexity index is 106. The molecular formula is C13H24. The van der Waals surface area contributed by atoms with Crippen molar-refractivity contribution in [2.75, 3.05) is 0 Å². The van der Waals surface area contributed by atoms with Gasteiger partial charge in [-0.3, -0.25) is 0 Å². The van der Waals surface area contributed by atoms with E-state index in [9.17, 15) is 0 Å². The largest absolute Gasteiger partial charge is 0.103 e. The highest BCUT2D eigenvalue weighted by molar-refractivity contribution is 4.88. The Morgan fingerprint density at radius 3 is 1.23 bits per heavy atom. The van der Waals surface area contributed by atoms with Crippen LogP contribution in [0.4, 0.5) is 0 Å². The van der Waals surface area contributed by atoms with Crippen molar-refractivity contribution in [3.63, 3.8) is 0 Å². The van der Waals surface area contributed by atoms with Gasteiger partial charge in [0.2, 0.25) is 0 Å². The van der Waals surface area contributed by atoms with Gasteiger partial charge in [0.15, 0.2) is 0 Å². The third-order valence-corrected chi connectivity index (χ3v) is 1.08. The summed E-state index contributed by atoms with van der Waals surface area (Å²) in [5.74, 6) is 0.463. The third-order valence-electron chi connectivity index (χ3n) is 1.08. The molecule has 0 saturated carbocycles. The summed E-state index contributed by atoms with van der Waals surface area (Å²) in [4.78, 5) is 0. The van der Waals surface area contributed by atoms with Crippen molar-refractivity contribution < 1.29 is 0 Å². The Kier molecular flexibility index (Phi) is 30.9. The van der Waals surface area contributed by atoms with Crippen LogP contribution in [0.2, 0.25) is 0 Å². The highest BCUT2D eigenvalue weighted by Crippen LogP contribution is 1.92. The summed E-state index contributed by atoms with van der Waals surface area (Å²) < 4.78 is 0. The van der Waals surface area contributed by atoms with E-state index in [-0.39, 0.29) is 0 Å². The molecule has 0 aromatic carbocycles. The molecule has 0 spiro atoms. The van der Waals surface area contributed by atoms with E-state index in [2.05, 4.69) is 26.3 Å². The fourth-order valence-electron chi connectivity index (χ4n) is 0.214. The van der Waals surface area contributed by atoms with Crippen LogP contribution in [0.15, 0.2) is 50.6 Å². The monoisotopic (exact) mass is 180 g/mol. The molecule has 0 unspecified atom stereocenters. The summed E-state index contributed by atoms with van der Waals surface area (Å²) >= 11 is 0. The molecule has 0 aromatic heterocycles. The van der Waals surface area contributed by atoms with E-state index in [0.29, 0.717) is 5.92 Å². The van der Waals surface area contributed by atoms with E-state index >= 15 is 0 Å². The molecule has 0 heteroatoms. The fourth-order valence-corrected chi connectivity index (χ4v) is 0.214. The summed E-state index contributed by atoms with van der Waals surface area (Å²) in [5, 5.41) is 0. The molecule has 0 aliphatic rings. The lowest BCUT2D eigenvalue weighted by Gasteiger charge is -1.88. The molecule has 0 atom stereocenters. The van der Waals surface area contributed by atoms with Crippen LogP contribution in [0, 0.1) is 5.92 Å². The van der Waals surface area contributed by atoms with Crippen LogP contribution < -0.4 is 0 Å². The van der Waals surface area contributed by atoms with Crippen molar-refractivity contribution in [1.82, 2.24) is 0 Å². The van der Waals surface area contributed by atoms with E-state index in [1.165, 1.54) is 0 Å². The van der Waals surface area contributed by atoms with Gasteiger partial charge >= 0.3 is 0 Å². The molecule has 76 valence electrons. The predicted octanol–water partition coefficient (Wildman–Crippen LogP) is 4.77. The lowest BCUT2D eigenvalue weighted by molar-refractivity contribution is 0.948. The molecule has 0 nitrogen and oxygen atoms in total. The Morgan fingerprint density at radius 1 is 0.923 bits per heavy atom. The molecule has 0 amide bonds. The normalized spacial score (nSPS) is 6.77. The first kappa shape index (κ1) is 17.9. The van der Waals surface area contributed by atoms with Crippen molar-refractivity contribution in [2.24, 2.45) is 5.92 Å². The molecule has 0 rings (SSSR count). The van der Waals surface area contributed by atoms with Gasteiger partial charge < -0.3 is 0 Å². The third kappa shape index (κ3) is 35.8. The molecule has 0 saturated heterocycles. The Labute approximate surface area is 84.4 Å². The zero-order valence-corrected chi connectivity index (χ0v) is 9.42. The maximum absolute atomic E-state index is 3.56. The summed E-state index contributed by atoms with van der Waals surface area (Å²) in [6, 6.07) is 0. The molecular weight excluding hydrogens is 156 g/mol. The fraction of sp³-hybridized carbons (Fsp3) is 0.385. The van der Waals surface area contributed by atoms with E-state index in [1.54, 1.807) is 0 Å². The molecule has 0 N–H and O–H groups in total. The van der Waals surface area contributed by atoms with Crippen LogP contribution in [-0.2, 0) is 0 Å². The molecule has 13 heavy (non-hydrogen) atoms. The quantitative estimate of drug-likeness (QED) is 0.547. The maximum atomic E-state index is 3.56. The van der Waals surface area contributed by atoms with Crippen molar-refractivity contribution in [3.8, 4) is 0 Å². The summed E-state index contributed by atoms with van der Waals surface area (Å²) in [6.45, 7) is 20.1. The minimum absolute atomic E-state index is 0.463. The van der Waals surface area contributed by atoms with Crippen LogP contribution in [0.25, 0.3) is 0 Å². The van der Waals surface area contributed by atoms with Crippen molar-refractivity contribution >= 4 is 0 Å². The van der Waals surface area contributed by atoms with E-state index in [1.807, 2.05) is 45.1 Å². The number of allylic oxidation sites excluding steroid dienone is 4. The minimum atomic E-state index is 0.463. The number of rotatable bonds is 4. The summed E-state index contributed by atoms with van der Waals surface area (Å²) in [5.41, 5.74) is 0. The second kappa shape index (κ2) is 22.4. The van der Waals surface area contributed by atoms with Gasteiger partial charge in [0.05, 0.1) is 0 Å². The van der Waals surface area contributed by atoms with Crippen molar-refractivity contribution in [3.05, 3.63) is 50.6 Å². The Balaban J connectivity index is -0.000000131. The van der Waals surface area contributed by atoms with E-state index in [0.717, 1.165) is 6.42 Å². The number of hydrogen-bond donors (Lipinski definition) is 0. The minimum Gasteiger partial charge on any atom is -0.103 e. The second-order valence-corrected chi connectivity index (χ2v) is 2.14. The molecule has 0 aliphatic carbocycles. The zero-order valence-electron chi connectivity index (χ0n) is 9.42. The first-order valence-corrected chi connectivity index (χ1v) is 4.69. The van der Waals surface area contributed by atoms with Gasteiger partial charge in [0, 0.05) is 0 Å². The number of hydrogen-bond acceptors (Lipinski definition) is 0. The highest BCUT2D eigenvalue weighted by atomic mass is 13.8. The first-order valence-electron chi connectivity index (χ1n) is 4.69. The summed E-state index contributed by atoms with van der Waals surface area (Å²) in [7, 11) is 0. The topological polar surface area (TPSA) is 0 Å². The average Bonchev–Trinajstić information content (AvgIpc) is 2.22. The molecule has 0 aromatic rings. The molecule has 0 aliphatic heterocycles. The van der Waals surface area contributed by atoms with Crippen LogP contribution >= 0.6 is 0 Å². The van der Waals surface area contributed by atoms with Crippen molar-refractivity contribution in [1.29, 1.82) is 0 Å². The second-order valence-electron chi connectivity index (χ2n) is 2.14. The van der Waals surface area contributed by atoms with Gasteiger partial charge in [0.25, 0.3) is 0 Å². The lowest BCUT2D eigenvalue weighted by atomic mass is 10.2. The van der Waals surface area contributed by atoms with Gasteiger partial charge in [-0.05, 0) is 12.3 Å². The van der Waals surface area contributed by atoms with Crippen LogP contribution in [-0.4, -0.2) is 0 Å². The van der Waals surface area contributed by atoms with Crippen molar-refractivity contribution in [2.45, 2.75) is 27.2 Å². The standard InChI is InChI=1S/C6H10.C5H8.C2H6/c1-4-6(3)5-2;1-3-5-4-2;1-2/h4-6H,1-2H2,3H3;3-4H,1-2,5H2;1-2H3. The van der Waals surface area contributed by atoms with E-state index in [4.69, 9.17) is 0 Å². The van der Waals surface area contributed by atoms with Crippen LogP contribution in [0.5, 0.6) is 0 Å². The van der Waals surface area contributed by atoms with Gasteiger partial charge in [-0.1, -0.05) is 45.1 Å².